The Kier molecular flexibility index (Phi) is 6.20. The Balaban J connectivity index is 2.71. The molecule has 1 amide bonds. The molecule has 1 aromatic carbocycles. The normalized spacial score (nSPS) is 12.7. The van der Waals surface area contributed by atoms with Crippen molar-refractivity contribution in [2.75, 3.05) is 14.2 Å². The summed E-state index contributed by atoms with van der Waals surface area (Å²) < 4.78 is 8.23. The van der Waals surface area contributed by atoms with Gasteiger partial charge in [-0.2, -0.15) is 0 Å². The number of alkyl halides is 3. The van der Waals surface area contributed by atoms with Gasteiger partial charge in [0.15, 0.2) is 17.7 Å². The standard InChI is InChI=1S/C12H14Cl3NO4/c1-19-8-4-3-7(5-9(8)20-2)6-10(17)16-11(18)12(13,14)15/h3-5,11,18H,6H2,1-2H3,(H,16,17)/t11-/m1/s1. The Labute approximate surface area is 131 Å². The highest BCUT2D eigenvalue weighted by Gasteiger charge is 2.31. The number of ether oxygens (including phenoxy) is 2. The molecule has 0 aliphatic carbocycles. The second-order valence-corrected chi connectivity index (χ2v) is 6.25. The highest BCUT2D eigenvalue weighted by atomic mass is 35.6. The first-order chi connectivity index (χ1) is 9.27. The summed E-state index contributed by atoms with van der Waals surface area (Å²) in [5, 5.41) is 11.6. The molecule has 2 N–H and O–H groups in total. The molecule has 8 heteroatoms. The monoisotopic (exact) mass is 341 g/mol. The third-order valence-corrected chi connectivity index (χ3v) is 3.04. The van der Waals surface area contributed by atoms with Crippen LogP contribution in [0.2, 0.25) is 0 Å². The summed E-state index contributed by atoms with van der Waals surface area (Å²) in [4.78, 5) is 11.7. The van der Waals surface area contributed by atoms with Gasteiger partial charge in [-0.1, -0.05) is 40.9 Å². The van der Waals surface area contributed by atoms with Crippen LogP contribution in [0.3, 0.4) is 0 Å². The van der Waals surface area contributed by atoms with E-state index in [1.165, 1.54) is 14.2 Å². The van der Waals surface area contributed by atoms with Crippen molar-refractivity contribution in [3.8, 4) is 11.5 Å². The number of rotatable bonds is 5. The number of carbonyl (C=O) groups excluding carboxylic acids is 1. The van der Waals surface area contributed by atoms with Crippen LogP contribution in [0.15, 0.2) is 18.2 Å². The van der Waals surface area contributed by atoms with Crippen LogP contribution < -0.4 is 14.8 Å². The molecule has 0 saturated carbocycles. The second kappa shape index (κ2) is 7.22. The summed E-state index contributed by atoms with van der Waals surface area (Å²) in [6, 6.07) is 5.02. The van der Waals surface area contributed by atoms with Crippen LogP contribution in [-0.4, -0.2) is 35.3 Å². The Bertz CT molecular complexity index is 476. The predicted octanol–water partition coefficient (Wildman–Crippen LogP) is 2.05. The number of nitrogens with one attached hydrogen (secondary N) is 1. The molecule has 0 spiro atoms. The second-order valence-electron chi connectivity index (χ2n) is 3.88. The van der Waals surface area contributed by atoms with Gasteiger partial charge in [-0.05, 0) is 17.7 Å². The minimum atomic E-state index is -1.98. The SMILES string of the molecule is COc1ccc(CC(=O)N[C@H](O)C(Cl)(Cl)Cl)cc1OC. The molecule has 0 radical (unpaired) electrons. The number of hydrogen-bond donors (Lipinski definition) is 2. The van der Waals surface area contributed by atoms with Gasteiger partial charge in [-0.15, -0.1) is 0 Å². The van der Waals surface area contributed by atoms with Gasteiger partial charge in [0.05, 0.1) is 20.6 Å². The molecule has 5 nitrogen and oxygen atoms in total. The van der Waals surface area contributed by atoms with Crippen molar-refractivity contribution in [1.29, 1.82) is 0 Å². The molecule has 112 valence electrons. The zero-order valence-corrected chi connectivity index (χ0v) is 13.1. The van der Waals surface area contributed by atoms with Crippen molar-refractivity contribution in [1.82, 2.24) is 5.32 Å². The summed E-state index contributed by atoms with van der Waals surface area (Å²) in [5.74, 6) is 0.564. The van der Waals surface area contributed by atoms with Crippen molar-refractivity contribution in [2.45, 2.75) is 16.4 Å². The third kappa shape index (κ3) is 4.90. The van der Waals surface area contributed by atoms with Crippen molar-refractivity contribution < 1.29 is 19.4 Å². The van der Waals surface area contributed by atoms with Crippen molar-refractivity contribution in [3.63, 3.8) is 0 Å². The molecule has 0 aromatic heterocycles. The fourth-order valence-electron chi connectivity index (χ4n) is 1.46. The Morgan fingerprint density at radius 2 is 1.90 bits per heavy atom. The van der Waals surface area contributed by atoms with E-state index in [1.54, 1.807) is 18.2 Å². The fourth-order valence-corrected chi connectivity index (χ4v) is 1.63. The lowest BCUT2D eigenvalue weighted by Gasteiger charge is -2.20. The molecule has 0 aliphatic rings. The predicted molar refractivity (Wildman–Crippen MR) is 77.7 cm³/mol. The van der Waals surface area contributed by atoms with Gasteiger partial charge >= 0.3 is 0 Å². The van der Waals surface area contributed by atoms with Crippen LogP contribution in [0.25, 0.3) is 0 Å². The molecular formula is C12H14Cl3NO4. The van der Waals surface area contributed by atoms with E-state index < -0.39 is 15.9 Å². The largest absolute Gasteiger partial charge is 0.493 e. The zero-order valence-electron chi connectivity index (χ0n) is 10.8. The van der Waals surface area contributed by atoms with E-state index in [1.807, 2.05) is 0 Å². The fraction of sp³-hybridized carbons (Fsp3) is 0.417. The lowest BCUT2D eigenvalue weighted by Crippen LogP contribution is -2.44. The molecule has 0 unspecified atom stereocenters. The number of methoxy groups -OCH3 is 2. The summed E-state index contributed by atoms with van der Waals surface area (Å²) in [7, 11) is 3.01. The van der Waals surface area contributed by atoms with Gasteiger partial charge in [-0.3, -0.25) is 4.79 Å². The average Bonchev–Trinajstić information content (AvgIpc) is 2.37. The summed E-state index contributed by atoms with van der Waals surface area (Å²) in [5.41, 5.74) is 0.664. The van der Waals surface area contributed by atoms with Gasteiger partial charge in [0, 0.05) is 0 Å². The van der Waals surface area contributed by atoms with Crippen LogP contribution in [0.5, 0.6) is 11.5 Å². The smallest absolute Gasteiger partial charge is 0.234 e. The van der Waals surface area contributed by atoms with Gasteiger partial charge in [0.1, 0.15) is 0 Å². The van der Waals surface area contributed by atoms with E-state index in [-0.39, 0.29) is 6.42 Å². The van der Waals surface area contributed by atoms with E-state index in [0.717, 1.165) is 0 Å². The lowest BCUT2D eigenvalue weighted by molar-refractivity contribution is -0.123. The molecule has 1 aromatic rings. The molecule has 0 aliphatic heterocycles. The maximum absolute atomic E-state index is 11.7. The van der Waals surface area contributed by atoms with Crippen LogP contribution in [0, 0.1) is 0 Å². The maximum Gasteiger partial charge on any atom is 0.234 e. The average molecular weight is 343 g/mol. The van der Waals surface area contributed by atoms with Gasteiger partial charge in [0.2, 0.25) is 9.70 Å². The quantitative estimate of drug-likeness (QED) is 0.635. The first-order valence-corrected chi connectivity index (χ1v) is 6.66. The van der Waals surface area contributed by atoms with Gasteiger partial charge in [0.25, 0.3) is 0 Å². The van der Waals surface area contributed by atoms with Crippen LogP contribution in [0.4, 0.5) is 0 Å². The van der Waals surface area contributed by atoms with Crippen molar-refractivity contribution in [3.05, 3.63) is 23.8 Å². The first-order valence-electron chi connectivity index (χ1n) is 5.53. The molecule has 0 fully saturated rings. The number of benzene rings is 1. The van der Waals surface area contributed by atoms with E-state index in [4.69, 9.17) is 44.3 Å². The number of halogens is 3. The number of carbonyl (C=O) groups is 1. The van der Waals surface area contributed by atoms with E-state index in [9.17, 15) is 9.90 Å². The highest BCUT2D eigenvalue weighted by molar-refractivity contribution is 6.68. The van der Waals surface area contributed by atoms with E-state index >= 15 is 0 Å². The Hall–Kier alpha value is -0.880. The summed E-state index contributed by atoms with van der Waals surface area (Å²) in [6.45, 7) is 0. The van der Waals surface area contributed by atoms with E-state index in [2.05, 4.69) is 5.32 Å². The molecule has 1 rings (SSSR count). The molecular weight excluding hydrogens is 328 g/mol. The Morgan fingerprint density at radius 3 is 2.40 bits per heavy atom. The minimum Gasteiger partial charge on any atom is -0.493 e. The van der Waals surface area contributed by atoms with Crippen molar-refractivity contribution >= 4 is 40.7 Å². The topological polar surface area (TPSA) is 67.8 Å². The highest BCUT2D eigenvalue weighted by Crippen LogP contribution is 2.29. The summed E-state index contributed by atoms with van der Waals surface area (Å²) in [6.07, 6.45) is -1.59. The van der Waals surface area contributed by atoms with E-state index in [0.29, 0.717) is 17.1 Å². The summed E-state index contributed by atoms with van der Waals surface area (Å²) >= 11 is 16.3. The van der Waals surface area contributed by atoms with Crippen molar-refractivity contribution in [2.24, 2.45) is 0 Å². The third-order valence-electron chi connectivity index (χ3n) is 2.42. The number of aliphatic hydroxyl groups excluding tert-OH is 1. The van der Waals surface area contributed by atoms with Crippen LogP contribution in [0.1, 0.15) is 5.56 Å². The minimum absolute atomic E-state index is 0.00182. The Morgan fingerprint density at radius 1 is 1.30 bits per heavy atom. The van der Waals surface area contributed by atoms with Gasteiger partial charge in [-0.25, -0.2) is 0 Å². The first kappa shape index (κ1) is 17.2. The molecule has 0 saturated heterocycles. The number of aliphatic hydroxyl groups is 1. The molecule has 20 heavy (non-hydrogen) atoms. The molecule has 0 bridgehead atoms. The number of amides is 1. The van der Waals surface area contributed by atoms with Crippen LogP contribution in [-0.2, 0) is 11.2 Å². The number of hydrogen-bond acceptors (Lipinski definition) is 4. The van der Waals surface area contributed by atoms with Gasteiger partial charge < -0.3 is 19.9 Å². The molecule has 0 heterocycles. The molecule has 1 atom stereocenters. The lowest BCUT2D eigenvalue weighted by atomic mass is 10.1. The van der Waals surface area contributed by atoms with Crippen LogP contribution >= 0.6 is 34.8 Å². The maximum atomic E-state index is 11.7. The zero-order chi connectivity index (χ0) is 15.3.